The van der Waals surface area contributed by atoms with Crippen molar-refractivity contribution in [1.82, 2.24) is 9.88 Å². The quantitative estimate of drug-likeness (QED) is 0.604. The van der Waals surface area contributed by atoms with Gasteiger partial charge < -0.3 is 4.90 Å². The summed E-state index contributed by atoms with van der Waals surface area (Å²) in [5.74, 6) is 0. The van der Waals surface area contributed by atoms with Crippen LogP contribution >= 0.6 is 0 Å². The second kappa shape index (κ2) is 3.32. The van der Waals surface area contributed by atoms with Crippen molar-refractivity contribution in [2.24, 2.45) is 0 Å². The minimum Gasteiger partial charge on any atom is -0.301 e. The molecule has 2 heteroatoms. The van der Waals surface area contributed by atoms with Gasteiger partial charge in [0.1, 0.15) is 0 Å². The first kappa shape index (κ1) is 7.22. The van der Waals surface area contributed by atoms with Crippen LogP contribution < -0.4 is 0 Å². The summed E-state index contributed by atoms with van der Waals surface area (Å²) in [4.78, 5) is 5.98. The fraction of sp³-hybridized carbons (Fsp3) is 0.250. The highest BCUT2D eigenvalue weighted by molar-refractivity contribution is 5.16. The number of rotatable bonds is 2. The first-order valence-corrected chi connectivity index (χ1v) is 3.20. The van der Waals surface area contributed by atoms with Crippen molar-refractivity contribution in [2.75, 3.05) is 14.1 Å². The zero-order chi connectivity index (χ0) is 7.40. The van der Waals surface area contributed by atoms with Gasteiger partial charge in [-0.1, -0.05) is 6.07 Å². The lowest BCUT2D eigenvalue weighted by molar-refractivity contribution is 0.515. The molecule has 0 amide bonds. The van der Waals surface area contributed by atoms with Gasteiger partial charge in [0.15, 0.2) is 0 Å². The zero-order valence-corrected chi connectivity index (χ0v) is 6.28. The van der Waals surface area contributed by atoms with Crippen LogP contribution in [-0.4, -0.2) is 24.0 Å². The maximum absolute atomic E-state index is 3.98. The Hall–Kier alpha value is -0.890. The largest absolute Gasteiger partial charge is 0.301 e. The summed E-state index contributed by atoms with van der Waals surface area (Å²) in [6.45, 7) is 2.02. The lowest BCUT2D eigenvalue weighted by Crippen LogP contribution is -2.07. The molecule has 0 atom stereocenters. The third kappa shape index (κ3) is 2.15. The third-order valence-electron chi connectivity index (χ3n) is 1.09. The number of hydrogen-bond acceptors (Lipinski definition) is 2. The van der Waals surface area contributed by atoms with Crippen molar-refractivity contribution in [1.29, 1.82) is 0 Å². The molecule has 0 saturated heterocycles. The highest BCUT2D eigenvalue weighted by Crippen LogP contribution is 1.99. The molecule has 0 spiro atoms. The highest BCUT2D eigenvalue weighted by atomic mass is 15.0. The molecule has 0 N–H and O–H groups in total. The molecule has 1 aromatic rings. The third-order valence-corrected chi connectivity index (χ3v) is 1.09. The second-order valence-corrected chi connectivity index (χ2v) is 2.38. The Morgan fingerprint density at radius 2 is 2.30 bits per heavy atom. The Labute approximate surface area is 61.5 Å². The average Bonchev–Trinajstić information content (AvgIpc) is 1.88. The molecule has 53 valence electrons. The van der Waals surface area contributed by atoms with E-state index < -0.39 is 0 Å². The topological polar surface area (TPSA) is 16.1 Å². The summed E-state index contributed by atoms with van der Waals surface area (Å²) >= 11 is 0. The fourth-order valence-corrected chi connectivity index (χ4v) is 0.750. The van der Waals surface area contributed by atoms with E-state index in [0.29, 0.717) is 0 Å². The van der Waals surface area contributed by atoms with Crippen molar-refractivity contribution in [3.63, 3.8) is 0 Å². The fourth-order valence-electron chi connectivity index (χ4n) is 0.750. The molecule has 1 radical (unpaired) electrons. The zero-order valence-electron chi connectivity index (χ0n) is 6.28. The van der Waals surface area contributed by atoms with Crippen molar-refractivity contribution in [3.8, 4) is 0 Å². The summed E-state index contributed by atoms with van der Waals surface area (Å²) in [6.07, 6.45) is 3.60. The molecule has 1 rings (SSSR count). The highest BCUT2D eigenvalue weighted by Gasteiger charge is 1.92. The van der Waals surface area contributed by atoms with Crippen molar-refractivity contribution >= 4 is 0 Å². The maximum Gasteiger partial charge on any atom is 0.0556 e. The predicted octanol–water partition coefficient (Wildman–Crippen LogP) is 1.15. The summed E-state index contributed by atoms with van der Waals surface area (Å²) < 4.78 is 0. The van der Waals surface area contributed by atoms with Crippen LogP contribution in [0.1, 0.15) is 5.56 Å². The van der Waals surface area contributed by atoms with E-state index in [4.69, 9.17) is 0 Å². The lowest BCUT2D eigenvalue weighted by Gasteiger charge is -2.06. The molecule has 0 aromatic carbocycles. The monoisotopic (exact) mass is 135 g/mol. The average molecular weight is 135 g/mol. The van der Waals surface area contributed by atoms with E-state index in [0.717, 1.165) is 5.56 Å². The predicted molar refractivity (Wildman–Crippen MR) is 41.3 cm³/mol. The minimum atomic E-state index is 1.13. The van der Waals surface area contributed by atoms with Crippen LogP contribution in [0.4, 0.5) is 0 Å². The number of nitrogens with zero attached hydrogens (tertiary/aromatic N) is 2. The van der Waals surface area contributed by atoms with Gasteiger partial charge in [0, 0.05) is 12.4 Å². The van der Waals surface area contributed by atoms with Gasteiger partial charge in [-0.3, -0.25) is 4.98 Å². The van der Waals surface area contributed by atoms with Gasteiger partial charge in [0.2, 0.25) is 0 Å². The van der Waals surface area contributed by atoms with Crippen molar-refractivity contribution in [3.05, 3.63) is 36.6 Å². The van der Waals surface area contributed by atoms with Crippen LogP contribution in [0.3, 0.4) is 0 Å². The standard InChI is InChI=1S/C8H11N2/c1-10(2)7-8-4-3-5-9-6-8/h3-7H,1-2H3. The smallest absolute Gasteiger partial charge is 0.0556 e. The van der Waals surface area contributed by atoms with Crippen LogP contribution in [0.2, 0.25) is 0 Å². The van der Waals surface area contributed by atoms with Gasteiger partial charge in [-0.05, 0) is 25.7 Å². The van der Waals surface area contributed by atoms with Gasteiger partial charge in [0.25, 0.3) is 0 Å². The summed E-state index contributed by atoms with van der Waals surface area (Å²) in [5.41, 5.74) is 1.13. The molecule has 0 aliphatic carbocycles. The molecule has 0 fully saturated rings. The molecule has 2 nitrogen and oxygen atoms in total. The molecule has 0 unspecified atom stereocenters. The van der Waals surface area contributed by atoms with Crippen LogP contribution in [0, 0.1) is 6.54 Å². The van der Waals surface area contributed by atoms with E-state index in [1.807, 2.05) is 43.9 Å². The molecule has 0 bridgehead atoms. The van der Waals surface area contributed by atoms with E-state index >= 15 is 0 Å². The first-order valence-electron chi connectivity index (χ1n) is 3.20. The molecular weight excluding hydrogens is 124 g/mol. The number of hydrogen-bond donors (Lipinski definition) is 0. The van der Waals surface area contributed by atoms with Crippen LogP contribution in [0.15, 0.2) is 24.5 Å². The summed E-state index contributed by atoms with van der Waals surface area (Å²) in [6, 6.07) is 3.95. The van der Waals surface area contributed by atoms with E-state index in [1.54, 1.807) is 6.20 Å². The van der Waals surface area contributed by atoms with Gasteiger partial charge in [-0.15, -0.1) is 0 Å². The molecule has 0 saturated carbocycles. The van der Waals surface area contributed by atoms with Gasteiger partial charge in [-0.2, -0.15) is 0 Å². The van der Waals surface area contributed by atoms with Gasteiger partial charge in [0.05, 0.1) is 6.54 Å². The molecule has 1 aromatic heterocycles. The second-order valence-electron chi connectivity index (χ2n) is 2.38. The molecule has 10 heavy (non-hydrogen) atoms. The van der Waals surface area contributed by atoms with Crippen LogP contribution in [0.5, 0.6) is 0 Å². The normalized spacial score (nSPS) is 10.3. The van der Waals surface area contributed by atoms with Crippen molar-refractivity contribution in [2.45, 2.75) is 0 Å². The van der Waals surface area contributed by atoms with Gasteiger partial charge in [-0.25, -0.2) is 0 Å². The molecule has 0 aliphatic heterocycles. The number of pyridine rings is 1. The lowest BCUT2D eigenvalue weighted by atomic mass is 10.3. The van der Waals surface area contributed by atoms with Crippen LogP contribution in [-0.2, 0) is 0 Å². The molecule has 0 aliphatic rings. The Kier molecular flexibility index (Phi) is 2.40. The van der Waals surface area contributed by atoms with Crippen molar-refractivity contribution < 1.29 is 0 Å². The Bertz CT molecular complexity index is 182. The van der Waals surface area contributed by atoms with E-state index in [-0.39, 0.29) is 0 Å². The minimum absolute atomic E-state index is 1.13. The Morgan fingerprint density at radius 3 is 2.80 bits per heavy atom. The van der Waals surface area contributed by atoms with E-state index in [2.05, 4.69) is 4.98 Å². The summed E-state index contributed by atoms with van der Waals surface area (Å²) in [5, 5.41) is 0. The van der Waals surface area contributed by atoms with E-state index in [1.165, 1.54) is 0 Å². The molecular formula is C8H11N2. The number of aromatic nitrogens is 1. The van der Waals surface area contributed by atoms with Crippen LogP contribution in [0.25, 0.3) is 0 Å². The molecule has 1 heterocycles. The SMILES string of the molecule is CN(C)[CH]c1cccnc1. The van der Waals surface area contributed by atoms with Gasteiger partial charge >= 0.3 is 0 Å². The van der Waals surface area contributed by atoms with E-state index in [9.17, 15) is 0 Å². The Balaban J connectivity index is 2.59. The maximum atomic E-state index is 3.98. The Morgan fingerprint density at radius 1 is 1.50 bits per heavy atom. The first-order chi connectivity index (χ1) is 4.79. The summed E-state index contributed by atoms with van der Waals surface area (Å²) in [7, 11) is 3.99.